The number of hydrogen-bond donors (Lipinski definition) is 0. The predicted octanol–water partition coefficient (Wildman–Crippen LogP) is 3.26. The maximum Gasteiger partial charge on any atom is 0.201 e. The van der Waals surface area contributed by atoms with E-state index in [4.69, 9.17) is 19.2 Å². The third-order valence-corrected chi connectivity index (χ3v) is 6.49. The van der Waals surface area contributed by atoms with Crippen LogP contribution in [0.25, 0.3) is 0 Å². The van der Waals surface area contributed by atoms with Gasteiger partial charge in [-0.15, -0.1) is 0 Å². The van der Waals surface area contributed by atoms with Gasteiger partial charge in [0, 0.05) is 12.3 Å². The summed E-state index contributed by atoms with van der Waals surface area (Å²) in [4.78, 5) is 11.8. The van der Waals surface area contributed by atoms with E-state index in [0.29, 0.717) is 23.7 Å². The molecule has 4 aliphatic heterocycles. The van der Waals surface area contributed by atoms with E-state index in [2.05, 4.69) is 20.8 Å². The molecule has 0 amide bonds. The second-order valence-corrected chi connectivity index (χ2v) is 7.61. The molecule has 4 heterocycles. The van der Waals surface area contributed by atoms with Crippen LogP contribution in [0.15, 0.2) is 0 Å². The van der Waals surface area contributed by atoms with E-state index in [1.54, 1.807) is 0 Å². The van der Waals surface area contributed by atoms with E-state index in [-0.39, 0.29) is 18.0 Å². The SMILES string of the molecule is CC1O[C@@H]2O[C@]3(C)CC[C@H]4[C@H](C)CCC([C@H]1C)C24OO3. The van der Waals surface area contributed by atoms with Gasteiger partial charge in [0.15, 0.2) is 11.9 Å². The van der Waals surface area contributed by atoms with Gasteiger partial charge in [-0.1, -0.05) is 13.8 Å². The van der Waals surface area contributed by atoms with Gasteiger partial charge in [0.2, 0.25) is 5.79 Å². The van der Waals surface area contributed by atoms with Gasteiger partial charge in [-0.3, -0.25) is 0 Å². The van der Waals surface area contributed by atoms with Crippen LogP contribution in [0.5, 0.6) is 0 Å². The van der Waals surface area contributed by atoms with Crippen molar-refractivity contribution in [3.8, 4) is 0 Å². The quantitative estimate of drug-likeness (QED) is 0.639. The second-order valence-electron chi connectivity index (χ2n) is 7.61. The van der Waals surface area contributed by atoms with Crippen LogP contribution in [0.4, 0.5) is 0 Å². The minimum absolute atomic E-state index is 0.219. The van der Waals surface area contributed by atoms with Crippen LogP contribution in [0.1, 0.15) is 53.4 Å². The largest absolute Gasteiger partial charge is 0.346 e. The molecule has 1 aliphatic carbocycles. The van der Waals surface area contributed by atoms with Crippen molar-refractivity contribution < 1.29 is 19.2 Å². The Bertz CT molecular complexity index is 409. The molecule has 0 aromatic carbocycles. The third kappa shape index (κ3) is 1.57. The Kier molecular flexibility index (Phi) is 2.83. The lowest BCUT2D eigenvalue weighted by Gasteiger charge is -2.60. The maximum absolute atomic E-state index is 6.23. The summed E-state index contributed by atoms with van der Waals surface area (Å²) in [5.74, 6) is 1.44. The first-order valence-electron chi connectivity index (χ1n) is 8.16. The van der Waals surface area contributed by atoms with Crippen molar-refractivity contribution in [1.82, 2.24) is 0 Å². The van der Waals surface area contributed by atoms with Crippen LogP contribution in [0.3, 0.4) is 0 Å². The van der Waals surface area contributed by atoms with Gasteiger partial charge in [-0.25, -0.2) is 9.78 Å². The molecular weight excluding hydrogens is 256 g/mol. The molecule has 0 radical (unpaired) electrons. The minimum atomic E-state index is -0.641. The van der Waals surface area contributed by atoms with Gasteiger partial charge in [0.05, 0.1) is 6.10 Å². The Hall–Kier alpha value is -0.160. The van der Waals surface area contributed by atoms with Crippen LogP contribution in [-0.4, -0.2) is 23.8 Å². The van der Waals surface area contributed by atoms with Crippen molar-refractivity contribution in [2.45, 2.75) is 77.2 Å². The summed E-state index contributed by atoms with van der Waals surface area (Å²) < 4.78 is 12.5. The molecule has 1 saturated carbocycles. The molecule has 4 saturated heterocycles. The highest BCUT2D eigenvalue weighted by Gasteiger charge is 2.68. The topological polar surface area (TPSA) is 36.9 Å². The molecule has 5 rings (SSSR count). The Morgan fingerprint density at radius 2 is 1.75 bits per heavy atom. The molecule has 8 atom stereocenters. The lowest BCUT2D eigenvalue weighted by Crippen LogP contribution is -2.70. The molecule has 4 heteroatoms. The lowest BCUT2D eigenvalue weighted by atomic mass is 9.57. The van der Waals surface area contributed by atoms with E-state index in [9.17, 15) is 0 Å². The van der Waals surface area contributed by atoms with Gasteiger partial charge in [0.1, 0.15) is 0 Å². The predicted molar refractivity (Wildman–Crippen MR) is 72.5 cm³/mol. The van der Waals surface area contributed by atoms with E-state index in [0.717, 1.165) is 12.8 Å². The summed E-state index contributed by atoms with van der Waals surface area (Å²) in [5, 5.41) is 0. The first-order chi connectivity index (χ1) is 9.46. The number of rotatable bonds is 0. The Morgan fingerprint density at radius 3 is 2.55 bits per heavy atom. The van der Waals surface area contributed by atoms with Crippen LogP contribution < -0.4 is 0 Å². The average molecular weight is 282 g/mol. The summed E-state index contributed by atoms with van der Waals surface area (Å²) in [6, 6.07) is 0. The average Bonchev–Trinajstić information content (AvgIpc) is 2.63. The molecule has 1 spiro atoms. The minimum Gasteiger partial charge on any atom is -0.346 e. The maximum atomic E-state index is 6.23. The fourth-order valence-corrected chi connectivity index (χ4v) is 5.08. The number of hydrogen-bond acceptors (Lipinski definition) is 4. The summed E-state index contributed by atoms with van der Waals surface area (Å²) >= 11 is 0. The Morgan fingerprint density at radius 1 is 0.950 bits per heavy atom. The smallest absolute Gasteiger partial charge is 0.201 e. The molecular formula is C16H26O4. The summed E-state index contributed by atoms with van der Waals surface area (Å²) in [6.45, 7) is 8.77. The number of fused-ring (bicyclic) bond motifs is 2. The van der Waals surface area contributed by atoms with E-state index in [1.807, 2.05) is 6.92 Å². The summed E-state index contributed by atoms with van der Waals surface area (Å²) in [7, 11) is 0. The van der Waals surface area contributed by atoms with E-state index < -0.39 is 5.79 Å². The van der Waals surface area contributed by atoms with Crippen LogP contribution in [-0.2, 0) is 19.2 Å². The van der Waals surface area contributed by atoms with Gasteiger partial charge in [-0.2, -0.15) is 0 Å². The Balaban J connectivity index is 1.82. The van der Waals surface area contributed by atoms with Crippen molar-refractivity contribution in [3.05, 3.63) is 0 Å². The van der Waals surface area contributed by atoms with Crippen molar-refractivity contribution in [1.29, 1.82) is 0 Å². The third-order valence-electron chi connectivity index (χ3n) is 6.49. The fourth-order valence-electron chi connectivity index (χ4n) is 5.08. The molecule has 5 aliphatic rings. The highest BCUT2D eigenvalue weighted by atomic mass is 17.3. The summed E-state index contributed by atoms with van der Waals surface area (Å²) in [6.07, 6.45) is 4.41. The fraction of sp³-hybridized carbons (Fsp3) is 1.00. The lowest BCUT2D eigenvalue weighted by molar-refractivity contribution is -0.570. The standard InChI is InChI=1S/C16H26O4/c1-9-5-6-13-10(2)11(3)17-14-16(13)12(9)7-8-15(4,18-14)19-20-16/h9-14H,5-8H2,1-4H3/t9-,10+,11?,12+,13?,14-,15+,16?/m1/s1. The van der Waals surface area contributed by atoms with Crippen molar-refractivity contribution in [3.63, 3.8) is 0 Å². The van der Waals surface area contributed by atoms with Gasteiger partial charge >= 0.3 is 0 Å². The molecule has 3 unspecified atom stereocenters. The van der Waals surface area contributed by atoms with Crippen molar-refractivity contribution >= 4 is 0 Å². The van der Waals surface area contributed by atoms with E-state index in [1.165, 1.54) is 12.8 Å². The normalized spacial score (nSPS) is 61.8. The number of ether oxygens (including phenoxy) is 2. The molecule has 4 nitrogen and oxygen atoms in total. The van der Waals surface area contributed by atoms with E-state index >= 15 is 0 Å². The highest BCUT2D eigenvalue weighted by Crippen LogP contribution is 2.60. The molecule has 114 valence electrons. The van der Waals surface area contributed by atoms with Gasteiger partial charge in [-0.05, 0) is 50.9 Å². The van der Waals surface area contributed by atoms with Crippen molar-refractivity contribution in [2.24, 2.45) is 23.7 Å². The molecule has 2 bridgehead atoms. The van der Waals surface area contributed by atoms with Crippen molar-refractivity contribution in [2.75, 3.05) is 0 Å². The van der Waals surface area contributed by atoms with Crippen LogP contribution >= 0.6 is 0 Å². The van der Waals surface area contributed by atoms with Gasteiger partial charge < -0.3 is 9.47 Å². The zero-order chi connectivity index (χ0) is 14.1. The monoisotopic (exact) mass is 282 g/mol. The molecule has 5 fully saturated rings. The Labute approximate surface area is 121 Å². The second kappa shape index (κ2) is 4.19. The molecule has 20 heavy (non-hydrogen) atoms. The van der Waals surface area contributed by atoms with Gasteiger partial charge in [0.25, 0.3) is 0 Å². The van der Waals surface area contributed by atoms with Crippen LogP contribution in [0.2, 0.25) is 0 Å². The first kappa shape index (κ1) is 13.5. The molecule has 0 aromatic heterocycles. The molecule has 0 aromatic rings. The zero-order valence-corrected chi connectivity index (χ0v) is 12.9. The summed E-state index contributed by atoms with van der Waals surface area (Å²) in [5.41, 5.74) is -0.389. The zero-order valence-electron chi connectivity index (χ0n) is 12.9. The van der Waals surface area contributed by atoms with Crippen LogP contribution in [0, 0.1) is 23.7 Å². The highest BCUT2D eigenvalue weighted by molar-refractivity contribution is 5.09. The molecule has 0 N–H and O–H groups in total. The first-order valence-corrected chi connectivity index (χ1v) is 8.16.